The van der Waals surface area contributed by atoms with Gasteiger partial charge in [0.05, 0.1) is 20.3 Å². The minimum Gasteiger partial charge on any atom is -0.493 e. The third-order valence-electron chi connectivity index (χ3n) is 4.38. The predicted octanol–water partition coefficient (Wildman–Crippen LogP) is 3.54. The van der Waals surface area contributed by atoms with Gasteiger partial charge < -0.3 is 25.2 Å². The lowest BCUT2D eigenvalue weighted by atomic mass is 10.0. The molecule has 0 radical (unpaired) electrons. The molecule has 0 spiro atoms. The summed E-state index contributed by atoms with van der Waals surface area (Å²) in [5.41, 5.74) is 2.16. The van der Waals surface area contributed by atoms with Crippen LogP contribution in [0, 0.1) is 0 Å². The Kier molecular flexibility index (Phi) is 12.1. The van der Waals surface area contributed by atoms with Crippen molar-refractivity contribution in [2.24, 2.45) is 4.99 Å². The molecule has 1 unspecified atom stereocenters. The number of aliphatic hydroxyl groups excluding tert-OH is 1. The molecule has 2 aromatic rings. The van der Waals surface area contributed by atoms with Crippen LogP contribution < -0.4 is 20.1 Å². The van der Waals surface area contributed by atoms with Gasteiger partial charge in [0.15, 0.2) is 17.5 Å². The normalized spacial score (nSPS) is 11.9. The molecule has 29 heavy (non-hydrogen) atoms. The standard InChI is InChI=1S/C22H31N3O3.HI/c1-4-12-28-20-11-10-17(13-21(20)27-3)14-24-22(23-2)25-15-19(16-26)18-8-6-5-7-9-18;/h5-11,13,19,26H,4,12,14-16H2,1-3H3,(H2,23,24,25);1H. The van der Waals surface area contributed by atoms with Crippen LogP contribution in [0.5, 0.6) is 11.5 Å². The van der Waals surface area contributed by atoms with Crippen LogP contribution in [0.2, 0.25) is 0 Å². The van der Waals surface area contributed by atoms with E-state index in [0.717, 1.165) is 29.0 Å². The first-order valence-electron chi connectivity index (χ1n) is 9.61. The van der Waals surface area contributed by atoms with Gasteiger partial charge in [0.1, 0.15) is 0 Å². The molecule has 0 aromatic heterocycles. The van der Waals surface area contributed by atoms with Crippen molar-refractivity contribution in [3.05, 3.63) is 59.7 Å². The first-order valence-corrected chi connectivity index (χ1v) is 9.61. The summed E-state index contributed by atoms with van der Waals surface area (Å²) in [4.78, 5) is 4.26. The van der Waals surface area contributed by atoms with Gasteiger partial charge in [0.2, 0.25) is 0 Å². The Hall–Kier alpha value is -2.00. The van der Waals surface area contributed by atoms with Crippen LogP contribution in [0.4, 0.5) is 0 Å². The van der Waals surface area contributed by atoms with Gasteiger partial charge in [-0.1, -0.05) is 43.3 Å². The van der Waals surface area contributed by atoms with Gasteiger partial charge in [0.25, 0.3) is 0 Å². The Balaban J connectivity index is 0.00000420. The van der Waals surface area contributed by atoms with Gasteiger partial charge in [0, 0.05) is 26.1 Å². The molecule has 7 heteroatoms. The molecule has 0 fully saturated rings. The van der Waals surface area contributed by atoms with E-state index >= 15 is 0 Å². The van der Waals surface area contributed by atoms with E-state index in [4.69, 9.17) is 9.47 Å². The summed E-state index contributed by atoms with van der Waals surface area (Å²) < 4.78 is 11.1. The number of rotatable bonds is 10. The number of aliphatic imine (C=N–C) groups is 1. The van der Waals surface area contributed by atoms with Gasteiger partial charge in [-0.05, 0) is 29.7 Å². The van der Waals surface area contributed by atoms with Gasteiger partial charge in [-0.2, -0.15) is 0 Å². The monoisotopic (exact) mass is 513 g/mol. The van der Waals surface area contributed by atoms with E-state index in [0.29, 0.717) is 25.7 Å². The molecule has 0 amide bonds. The second-order valence-electron chi connectivity index (χ2n) is 6.43. The zero-order valence-electron chi connectivity index (χ0n) is 17.4. The second kappa shape index (κ2) is 14.1. The largest absolute Gasteiger partial charge is 0.493 e. The maximum absolute atomic E-state index is 9.69. The highest BCUT2D eigenvalue weighted by Crippen LogP contribution is 2.28. The van der Waals surface area contributed by atoms with E-state index in [-0.39, 0.29) is 36.5 Å². The summed E-state index contributed by atoms with van der Waals surface area (Å²) in [7, 11) is 3.37. The fourth-order valence-electron chi connectivity index (χ4n) is 2.79. The van der Waals surface area contributed by atoms with E-state index in [2.05, 4.69) is 22.5 Å². The van der Waals surface area contributed by atoms with E-state index < -0.39 is 0 Å². The molecule has 6 nitrogen and oxygen atoms in total. The molecule has 0 saturated heterocycles. The van der Waals surface area contributed by atoms with Gasteiger partial charge in [-0.15, -0.1) is 24.0 Å². The third kappa shape index (κ3) is 8.10. The molecule has 0 aliphatic heterocycles. The highest BCUT2D eigenvalue weighted by atomic mass is 127. The number of nitrogens with one attached hydrogen (secondary N) is 2. The van der Waals surface area contributed by atoms with Crippen molar-refractivity contribution >= 4 is 29.9 Å². The highest BCUT2D eigenvalue weighted by Gasteiger charge is 2.11. The van der Waals surface area contributed by atoms with Crippen LogP contribution in [0.25, 0.3) is 0 Å². The molecular weight excluding hydrogens is 481 g/mol. The van der Waals surface area contributed by atoms with Crippen LogP contribution in [0.15, 0.2) is 53.5 Å². The Morgan fingerprint density at radius 3 is 2.48 bits per heavy atom. The zero-order chi connectivity index (χ0) is 20.2. The fourth-order valence-corrected chi connectivity index (χ4v) is 2.79. The smallest absolute Gasteiger partial charge is 0.191 e. The molecule has 1 atom stereocenters. The Labute approximate surface area is 190 Å². The summed E-state index contributed by atoms with van der Waals surface area (Å²) >= 11 is 0. The Bertz CT molecular complexity index is 741. The van der Waals surface area contributed by atoms with Crippen molar-refractivity contribution in [2.75, 3.05) is 33.9 Å². The Morgan fingerprint density at radius 1 is 1.10 bits per heavy atom. The first-order chi connectivity index (χ1) is 13.7. The summed E-state index contributed by atoms with van der Waals surface area (Å²) in [6.07, 6.45) is 0.951. The van der Waals surface area contributed by atoms with Gasteiger partial charge in [-0.3, -0.25) is 4.99 Å². The maximum atomic E-state index is 9.69. The number of halogens is 1. The van der Waals surface area contributed by atoms with Crippen LogP contribution in [0.3, 0.4) is 0 Å². The average molecular weight is 513 g/mol. The second-order valence-corrected chi connectivity index (χ2v) is 6.43. The van der Waals surface area contributed by atoms with Crippen molar-refractivity contribution in [1.29, 1.82) is 0 Å². The molecule has 2 aromatic carbocycles. The quantitative estimate of drug-likeness (QED) is 0.258. The van der Waals surface area contributed by atoms with Gasteiger partial charge in [-0.25, -0.2) is 0 Å². The van der Waals surface area contributed by atoms with Crippen molar-refractivity contribution in [2.45, 2.75) is 25.8 Å². The predicted molar refractivity (Wildman–Crippen MR) is 129 cm³/mol. The van der Waals surface area contributed by atoms with Crippen molar-refractivity contribution in [3.63, 3.8) is 0 Å². The number of guanidine groups is 1. The summed E-state index contributed by atoms with van der Waals surface area (Å²) in [5.74, 6) is 2.17. The topological polar surface area (TPSA) is 75.1 Å². The number of methoxy groups -OCH3 is 1. The molecule has 0 saturated carbocycles. The molecular formula is C22H32IN3O3. The number of hydrogen-bond donors (Lipinski definition) is 3. The van der Waals surface area contributed by atoms with Crippen LogP contribution in [-0.2, 0) is 6.54 Å². The lowest BCUT2D eigenvalue weighted by Gasteiger charge is -2.18. The molecule has 2 rings (SSSR count). The number of ether oxygens (including phenoxy) is 2. The number of hydrogen-bond acceptors (Lipinski definition) is 4. The molecule has 0 aliphatic rings. The molecule has 0 heterocycles. The fraction of sp³-hybridized carbons (Fsp3) is 0.409. The van der Waals surface area contributed by atoms with E-state index in [9.17, 15) is 5.11 Å². The highest BCUT2D eigenvalue weighted by molar-refractivity contribution is 14.0. The summed E-state index contributed by atoms with van der Waals surface area (Å²) in [5, 5.41) is 16.3. The van der Waals surface area contributed by atoms with E-state index in [1.807, 2.05) is 48.5 Å². The SMILES string of the molecule is CCCOc1ccc(CNC(=NC)NCC(CO)c2ccccc2)cc1OC.I. The summed E-state index contributed by atoms with van der Waals surface area (Å²) in [6.45, 7) is 4.00. The van der Waals surface area contributed by atoms with Crippen LogP contribution in [-0.4, -0.2) is 45.0 Å². The first kappa shape index (κ1) is 25.0. The number of nitrogens with zero attached hydrogens (tertiary/aromatic N) is 1. The molecule has 3 N–H and O–H groups in total. The Morgan fingerprint density at radius 2 is 1.86 bits per heavy atom. The van der Waals surface area contributed by atoms with Gasteiger partial charge >= 0.3 is 0 Å². The number of benzene rings is 2. The molecule has 0 aliphatic carbocycles. The number of aliphatic hydroxyl groups is 1. The maximum Gasteiger partial charge on any atom is 0.191 e. The van der Waals surface area contributed by atoms with Crippen molar-refractivity contribution < 1.29 is 14.6 Å². The van der Waals surface area contributed by atoms with Crippen molar-refractivity contribution in [1.82, 2.24) is 10.6 Å². The minimum absolute atomic E-state index is 0. The third-order valence-corrected chi connectivity index (χ3v) is 4.38. The molecule has 0 bridgehead atoms. The summed E-state index contributed by atoms with van der Waals surface area (Å²) in [6, 6.07) is 15.9. The van der Waals surface area contributed by atoms with Crippen LogP contribution in [0.1, 0.15) is 30.4 Å². The average Bonchev–Trinajstić information content (AvgIpc) is 2.75. The van der Waals surface area contributed by atoms with Crippen LogP contribution >= 0.6 is 24.0 Å². The lowest BCUT2D eigenvalue weighted by Crippen LogP contribution is -2.39. The van der Waals surface area contributed by atoms with E-state index in [1.165, 1.54) is 0 Å². The van der Waals surface area contributed by atoms with Crippen molar-refractivity contribution in [3.8, 4) is 11.5 Å². The van der Waals surface area contributed by atoms with E-state index in [1.54, 1.807) is 14.2 Å². The molecule has 160 valence electrons. The zero-order valence-corrected chi connectivity index (χ0v) is 19.7. The lowest BCUT2D eigenvalue weighted by molar-refractivity contribution is 0.265. The minimum atomic E-state index is 0.